The van der Waals surface area contributed by atoms with Crippen molar-refractivity contribution < 1.29 is 18.3 Å². The molecule has 5 nitrogen and oxygen atoms in total. The Hall–Kier alpha value is -1.73. The molecule has 0 aromatic carbocycles. The zero-order valence-electron chi connectivity index (χ0n) is 11.6. The van der Waals surface area contributed by atoms with E-state index >= 15 is 0 Å². The van der Waals surface area contributed by atoms with Gasteiger partial charge in [-0.2, -0.15) is 13.9 Å². The molecule has 1 fully saturated rings. The zero-order chi connectivity index (χ0) is 15.5. The molecule has 0 saturated carbocycles. The van der Waals surface area contributed by atoms with E-state index in [1.807, 2.05) is 0 Å². The zero-order valence-corrected chi connectivity index (χ0v) is 12.3. The molecular formula is C14H14ClF2N3O2. The highest BCUT2D eigenvalue weighted by Gasteiger charge is 2.25. The van der Waals surface area contributed by atoms with Gasteiger partial charge in [0.15, 0.2) is 5.75 Å². The number of pyridine rings is 1. The van der Waals surface area contributed by atoms with E-state index in [1.54, 1.807) is 6.07 Å². The van der Waals surface area contributed by atoms with Gasteiger partial charge in [0.2, 0.25) is 0 Å². The Morgan fingerprint density at radius 1 is 1.36 bits per heavy atom. The van der Waals surface area contributed by atoms with Crippen LogP contribution >= 0.6 is 11.6 Å². The second-order valence-corrected chi connectivity index (χ2v) is 5.33. The van der Waals surface area contributed by atoms with Crippen molar-refractivity contribution in [2.75, 3.05) is 13.2 Å². The maximum atomic E-state index is 12.9. The van der Waals surface area contributed by atoms with E-state index in [2.05, 4.69) is 10.1 Å². The first-order valence-electron chi connectivity index (χ1n) is 6.88. The SMILES string of the molecule is FC(F)n1cc(Oc2ccnc(Cl)c2)c(C2CCOCC2)n1. The molecule has 1 saturated heterocycles. The van der Waals surface area contributed by atoms with Gasteiger partial charge in [-0.15, -0.1) is 0 Å². The lowest BCUT2D eigenvalue weighted by Gasteiger charge is -2.21. The van der Waals surface area contributed by atoms with Crippen LogP contribution in [0.2, 0.25) is 5.15 Å². The van der Waals surface area contributed by atoms with E-state index < -0.39 is 6.55 Å². The van der Waals surface area contributed by atoms with Crippen molar-refractivity contribution in [1.82, 2.24) is 14.8 Å². The molecule has 0 amide bonds. The van der Waals surface area contributed by atoms with Crippen molar-refractivity contribution in [3.05, 3.63) is 35.4 Å². The maximum Gasteiger partial charge on any atom is 0.333 e. The van der Waals surface area contributed by atoms with Crippen molar-refractivity contribution in [2.24, 2.45) is 0 Å². The van der Waals surface area contributed by atoms with Gasteiger partial charge in [0.25, 0.3) is 0 Å². The van der Waals surface area contributed by atoms with Gasteiger partial charge in [0.05, 0.1) is 6.20 Å². The fraction of sp³-hybridized carbons (Fsp3) is 0.429. The first-order valence-corrected chi connectivity index (χ1v) is 7.25. The lowest BCUT2D eigenvalue weighted by molar-refractivity contribution is 0.0546. The van der Waals surface area contributed by atoms with Crippen molar-refractivity contribution in [1.29, 1.82) is 0 Å². The molecule has 2 aromatic heterocycles. The summed E-state index contributed by atoms with van der Waals surface area (Å²) in [7, 11) is 0. The van der Waals surface area contributed by atoms with Crippen LogP contribution in [0.3, 0.4) is 0 Å². The van der Waals surface area contributed by atoms with E-state index in [-0.39, 0.29) is 11.1 Å². The summed E-state index contributed by atoms with van der Waals surface area (Å²) in [6, 6.07) is 3.13. The minimum atomic E-state index is -2.71. The van der Waals surface area contributed by atoms with Crippen molar-refractivity contribution in [2.45, 2.75) is 25.3 Å². The summed E-state index contributed by atoms with van der Waals surface area (Å²) in [6.45, 7) is -1.53. The fourth-order valence-electron chi connectivity index (χ4n) is 2.40. The Kier molecular flexibility index (Phi) is 4.54. The molecular weight excluding hydrogens is 316 g/mol. The summed E-state index contributed by atoms with van der Waals surface area (Å²) in [5.74, 6) is 0.789. The summed E-state index contributed by atoms with van der Waals surface area (Å²) >= 11 is 5.81. The molecule has 0 bridgehead atoms. The quantitative estimate of drug-likeness (QED) is 0.795. The van der Waals surface area contributed by atoms with Crippen LogP contribution in [0.15, 0.2) is 24.5 Å². The number of nitrogens with zero attached hydrogens (tertiary/aromatic N) is 3. The highest BCUT2D eigenvalue weighted by Crippen LogP contribution is 2.36. The smallest absolute Gasteiger partial charge is 0.333 e. The Morgan fingerprint density at radius 2 is 2.14 bits per heavy atom. The molecule has 0 spiro atoms. The van der Waals surface area contributed by atoms with E-state index in [4.69, 9.17) is 21.1 Å². The lowest BCUT2D eigenvalue weighted by atomic mass is 9.96. The summed E-state index contributed by atoms with van der Waals surface area (Å²) < 4.78 is 37.4. The Labute approximate surface area is 130 Å². The molecule has 1 aliphatic heterocycles. The number of aromatic nitrogens is 3. The van der Waals surface area contributed by atoms with E-state index in [0.717, 1.165) is 12.8 Å². The second kappa shape index (κ2) is 6.58. The topological polar surface area (TPSA) is 49.2 Å². The van der Waals surface area contributed by atoms with Crippen LogP contribution in [-0.2, 0) is 4.74 Å². The first-order chi connectivity index (χ1) is 10.6. The van der Waals surface area contributed by atoms with Gasteiger partial charge in [0.1, 0.15) is 16.6 Å². The highest BCUT2D eigenvalue weighted by molar-refractivity contribution is 6.29. The Morgan fingerprint density at radius 3 is 2.82 bits per heavy atom. The molecule has 3 rings (SSSR count). The molecule has 1 aliphatic rings. The predicted molar refractivity (Wildman–Crippen MR) is 75.6 cm³/mol. The van der Waals surface area contributed by atoms with Gasteiger partial charge in [-0.05, 0) is 18.9 Å². The maximum absolute atomic E-state index is 12.9. The van der Waals surface area contributed by atoms with Crippen LogP contribution in [0.1, 0.15) is 31.0 Å². The molecule has 0 radical (unpaired) electrons. The number of halogens is 3. The van der Waals surface area contributed by atoms with Gasteiger partial charge in [-0.25, -0.2) is 9.67 Å². The van der Waals surface area contributed by atoms with Gasteiger partial charge in [0, 0.05) is 31.4 Å². The number of ether oxygens (including phenoxy) is 2. The van der Waals surface area contributed by atoms with Crippen LogP contribution in [0.4, 0.5) is 8.78 Å². The second-order valence-electron chi connectivity index (χ2n) is 4.94. The molecule has 0 atom stereocenters. The number of hydrogen-bond acceptors (Lipinski definition) is 4. The van der Waals surface area contributed by atoms with Crippen LogP contribution in [0.5, 0.6) is 11.5 Å². The molecule has 118 valence electrons. The van der Waals surface area contributed by atoms with Gasteiger partial charge >= 0.3 is 6.55 Å². The summed E-state index contributed by atoms with van der Waals surface area (Å²) in [5, 5.41) is 4.26. The van der Waals surface area contributed by atoms with Gasteiger partial charge < -0.3 is 9.47 Å². The third-order valence-electron chi connectivity index (χ3n) is 3.46. The highest BCUT2D eigenvalue weighted by atomic mass is 35.5. The van der Waals surface area contributed by atoms with Gasteiger partial charge in [-0.3, -0.25) is 0 Å². The van der Waals surface area contributed by atoms with Crippen LogP contribution in [0, 0.1) is 0 Å². The first kappa shape index (κ1) is 15.2. The predicted octanol–water partition coefficient (Wildman–Crippen LogP) is 4.01. The van der Waals surface area contributed by atoms with Crippen LogP contribution in [0.25, 0.3) is 0 Å². The Balaban J connectivity index is 1.90. The fourth-order valence-corrected chi connectivity index (χ4v) is 2.56. The third-order valence-corrected chi connectivity index (χ3v) is 3.67. The van der Waals surface area contributed by atoms with Crippen molar-refractivity contribution in [3.8, 4) is 11.5 Å². The molecule has 3 heterocycles. The molecule has 0 unspecified atom stereocenters. The van der Waals surface area contributed by atoms with E-state index in [1.165, 1.54) is 18.5 Å². The Bertz CT molecular complexity index is 645. The lowest BCUT2D eigenvalue weighted by Crippen LogP contribution is -2.15. The average molecular weight is 330 g/mol. The average Bonchev–Trinajstić information content (AvgIpc) is 2.92. The molecule has 0 N–H and O–H groups in total. The van der Waals surface area contributed by atoms with E-state index in [9.17, 15) is 8.78 Å². The minimum absolute atomic E-state index is 0.0426. The van der Waals surface area contributed by atoms with Crippen molar-refractivity contribution >= 4 is 11.6 Å². The molecule has 22 heavy (non-hydrogen) atoms. The monoisotopic (exact) mass is 329 g/mol. The van der Waals surface area contributed by atoms with Gasteiger partial charge in [-0.1, -0.05) is 11.6 Å². The summed E-state index contributed by atoms with van der Waals surface area (Å²) in [4.78, 5) is 3.86. The summed E-state index contributed by atoms with van der Waals surface area (Å²) in [5.41, 5.74) is 0.525. The van der Waals surface area contributed by atoms with Crippen LogP contribution < -0.4 is 4.74 Å². The largest absolute Gasteiger partial charge is 0.454 e. The minimum Gasteiger partial charge on any atom is -0.454 e. The van der Waals surface area contributed by atoms with Crippen LogP contribution in [-0.4, -0.2) is 28.0 Å². The molecule has 8 heteroatoms. The standard InChI is InChI=1S/C14H14ClF2N3O2/c15-12-7-10(1-4-18-12)22-11-8-20(14(16)17)19-13(11)9-2-5-21-6-3-9/h1,4,7-9,14H,2-3,5-6H2. The normalized spacial score (nSPS) is 16.2. The number of hydrogen-bond donors (Lipinski definition) is 0. The van der Waals surface area contributed by atoms with Crippen molar-refractivity contribution in [3.63, 3.8) is 0 Å². The third kappa shape index (κ3) is 3.36. The summed E-state index contributed by atoms with van der Waals surface area (Å²) in [6.07, 6.45) is 4.16. The molecule has 0 aliphatic carbocycles. The molecule has 2 aromatic rings. The number of alkyl halides is 2. The number of rotatable bonds is 4. The van der Waals surface area contributed by atoms with E-state index in [0.29, 0.717) is 35.1 Å².